The Morgan fingerprint density at radius 2 is 2.07 bits per heavy atom. The number of aromatic nitrogens is 2. The average molecular weight is 465 g/mol. The number of thioether (sulfide) groups is 1. The van der Waals surface area contributed by atoms with Crippen molar-refractivity contribution in [3.63, 3.8) is 0 Å². The minimum absolute atomic E-state index is 0.118. The van der Waals surface area contributed by atoms with E-state index in [0.717, 1.165) is 26.1 Å². The summed E-state index contributed by atoms with van der Waals surface area (Å²) in [7, 11) is 0. The van der Waals surface area contributed by atoms with E-state index in [1.165, 1.54) is 23.1 Å². The number of H-pyrrole nitrogens is 1. The molecule has 3 aromatic rings. The van der Waals surface area contributed by atoms with Gasteiger partial charge in [0.1, 0.15) is 5.69 Å². The Hall–Kier alpha value is -2.10. The van der Waals surface area contributed by atoms with E-state index >= 15 is 0 Å². The number of hydrogen-bond acceptors (Lipinski definition) is 5. The van der Waals surface area contributed by atoms with Crippen LogP contribution in [-0.4, -0.2) is 27.5 Å². The molecule has 0 atom stereocenters. The van der Waals surface area contributed by atoms with Crippen LogP contribution in [0.4, 0.5) is 5.13 Å². The van der Waals surface area contributed by atoms with Crippen molar-refractivity contribution in [1.82, 2.24) is 9.97 Å². The highest BCUT2D eigenvalue weighted by Crippen LogP contribution is 2.29. The predicted molar refractivity (Wildman–Crippen MR) is 113 cm³/mol. The minimum Gasteiger partial charge on any atom is -0.364 e. The molecule has 0 spiro atoms. The summed E-state index contributed by atoms with van der Waals surface area (Å²) < 4.78 is 1.06. The number of amides is 2. The highest BCUT2D eigenvalue weighted by molar-refractivity contribution is 9.10. The number of nitrogens with two attached hydrogens (primary N) is 1. The molecule has 0 aliphatic rings. The van der Waals surface area contributed by atoms with E-state index in [2.05, 4.69) is 43.3 Å². The molecule has 2 amide bonds. The van der Waals surface area contributed by atoms with Crippen molar-refractivity contribution in [3.8, 4) is 11.3 Å². The molecule has 9 heteroatoms. The zero-order valence-electron chi connectivity index (χ0n) is 14.6. The van der Waals surface area contributed by atoms with Crippen molar-refractivity contribution in [2.75, 3.05) is 11.1 Å². The Morgan fingerprint density at radius 1 is 1.30 bits per heavy atom. The van der Waals surface area contributed by atoms with Crippen molar-refractivity contribution < 1.29 is 9.59 Å². The molecule has 0 bridgehead atoms. The Kier molecular flexibility index (Phi) is 6.03. The minimum atomic E-state index is -0.527. The standard InChI is InChI=1S/C18H17BrN4O2S2/c1-9-4-15(10(2)3-12(9)19)26-8-16(24)23-18-22-14(7-27-18)11-5-13(17(20)25)21-6-11/h3-7,21H,8H2,1-2H3,(H2,20,25)(H,22,23,24). The molecule has 27 heavy (non-hydrogen) atoms. The van der Waals surface area contributed by atoms with Crippen molar-refractivity contribution in [2.24, 2.45) is 5.73 Å². The van der Waals surface area contributed by atoms with E-state index in [4.69, 9.17) is 5.73 Å². The number of halogens is 1. The van der Waals surface area contributed by atoms with Gasteiger partial charge in [-0.1, -0.05) is 15.9 Å². The van der Waals surface area contributed by atoms with E-state index in [-0.39, 0.29) is 5.91 Å². The van der Waals surface area contributed by atoms with Crippen LogP contribution in [0.25, 0.3) is 11.3 Å². The normalized spacial score (nSPS) is 10.8. The van der Waals surface area contributed by atoms with Gasteiger partial charge in [-0.3, -0.25) is 9.59 Å². The molecule has 0 radical (unpaired) electrons. The number of anilines is 1. The quantitative estimate of drug-likeness (QED) is 0.472. The molecular weight excluding hydrogens is 448 g/mol. The average Bonchev–Trinajstić information content (AvgIpc) is 3.26. The second kappa shape index (κ2) is 8.28. The summed E-state index contributed by atoms with van der Waals surface area (Å²) in [4.78, 5) is 31.7. The van der Waals surface area contributed by atoms with Gasteiger partial charge in [0.25, 0.3) is 5.91 Å². The molecule has 0 unspecified atom stereocenters. The summed E-state index contributed by atoms with van der Waals surface area (Å²) in [6.07, 6.45) is 1.66. The fourth-order valence-electron chi connectivity index (χ4n) is 2.36. The third kappa shape index (κ3) is 4.79. The second-order valence-corrected chi connectivity index (χ2v) is 8.64. The highest BCUT2D eigenvalue weighted by atomic mass is 79.9. The molecule has 140 valence electrons. The van der Waals surface area contributed by atoms with Crippen LogP contribution >= 0.6 is 39.0 Å². The van der Waals surface area contributed by atoms with Gasteiger partial charge in [0.2, 0.25) is 5.91 Å². The molecule has 0 aliphatic heterocycles. The van der Waals surface area contributed by atoms with Crippen molar-refractivity contribution in [2.45, 2.75) is 18.7 Å². The van der Waals surface area contributed by atoms with Crippen molar-refractivity contribution in [1.29, 1.82) is 0 Å². The zero-order chi connectivity index (χ0) is 19.6. The van der Waals surface area contributed by atoms with Gasteiger partial charge in [-0.25, -0.2) is 4.98 Å². The molecule has 2 heterocycles. The zero-order valence-corrected chi connectivity index (χ0v) is 17.8. The van der Waals surface area contributed by atoms with Crippen LogP contribution in [0.1, 0.15) is 21.6 Å². The number of hydrogen-bond donors (Lipinski definition) is 3. The van der Waals surface area contributed by atoms with E-state index in [1.807, 2.05) is 19.2 Å². The molecule has 6 nitrogen and oxygen atoms in total. The van der Waals surface area contributed by atoms with Gasteiger partial charge in [0.05, 0.1) is 11.4 Å². The van der Waals surface area contributed by atoms with E-state index < -0.39 is 5.91 Å². The van der Waals surface area contributed by atoms with Crippen LogP contribution in [0, 0.1) is 13.8 Å². The van der Waals surface area contributed by atoms with E-state index in [1.54, 1.807) is 12.3 Å². The maximum absolute atomic E-state index is 12.2. The number of aryl methyl sites for hydroxylation is 2. The number of benzene rings is 1. The third-order valence-corrected chi connectivity index (χ3v) is 6.58. The first-order valence-electron chi connectivity index (χ1n) is 7.97. The first-order chi connectivity index (χ1) is 12.8. The fraction of sp³-hybridized carbons (Fsp3) is 0.167. The first kappa shape index (κ1) is 19.7. The summed E-state index contributed by atoms with van der Waals surface area (Å²) >= 11 is 6.34. The lowest BCUT2D eigenvalue weighted by molar-refractivity contribution is -0.113. The number of carbonyl (C=O) groups is 2. The number of nitrogens with one attached hydrogen (secondary N) is 2. The van der Waals surface area contributed by atoms with Crippen LogP contribution < -0.4 is 11.1 Å². The van der Waals surface area contributed by atoms with Crippen LogP contribution in [0.2, 0.25) is 0 Å². The van der Waals surface area contributed by atoms with Crippen LogP contribution in [0.15, 0.2) is 39.1 Å². The summed E-state index contributed by atoms with van der Waals surface area (Å²) in [6, 6.07) is 5.76. The van der Waals surface area contributed by atoms with Gasteiger partial charge in [-0.05, 0) is 43.2 Å². The van der Waals surface area contributed by atoms with Gasteiger partial charge < -0.3 is 16.0 Å². The molecule has 4 N–H and O–H groups in total. The topological polar surface area (TPSA) is 101 Å². The number of primary amides is 1. The van der Waals surface area contributed by atoms with Gasteiger partial charge in [0, 0.05) is 26.5 Å². The number of carbonyl (C=O) groups excluding carboxylic acids is 2. The molecule has 0 saturated heterocycles. The number of thiazole rings is 1. The summed E-state index contributed by atoms with van der Waals surface area (Å²) in [5.74, 6) is -0.347. The highest BCUT2D eigenvalue weighted by Gasteiger charge is 2.12. The first-order valence-corrected chi connectivity index (χ1v) is 10.6. The SMILES string of the molecule is Cc1cc(SCC(=O)Nc2nc(-c3c[nH]c(C(N)=O)c3)cs2)c(C)cc1Br. The van der Waals surface area contributed by atoms with Gasteiger partial charge in [-0.15, -0.1) is 23.1 Å². The molecule has 3 rings (SSSR count). The largest absolute Gasteiger partial charge is 0.364 e. The van der Waals surface area contributed by atoms with Gasteiger partial charge in [0.15, 0.2) is 5.13 Å². The smallest absolute Gasteiger partial charge is 0.265 e. The predicted octanol–water partition coefficient (Wildman–Crippen LogP) is 4.35. The van der Waals surface area contributed by atoms with Gasteiger partial charge in [-0.2, -0.15) is 0 Å². The summed E-state index contributed by atoms with van der Waals surface area (Å²) in [5.41, 5.74) is 9.23. The lowest BCUT2D eigenvalue weighted by Crippen LogP contribution is -2.13. The molecule has 0 saturated carbocycles. The van der Waals surface area contributed by atoms with Crippen molar-refractivity contribution in [3.05, 3.63) is 51.1 Å². The maximum atomic E-state index is 12.2. The van der Waals surface area contributed by atoms with Crippen LogP contribution in [0.3, 0.4) is 0 Å². The molecule has 2 aromatic heterocycles. The third-order valence-electron chi connectivity index (χ3n) is 3.81. The Balaban J connectivity index is 1.61. The molecule has 0 aliphatic carbocycles. The number of nitrogens with zero attached hydrogens (tertiary/aromatic N) is 1. The summed E-state index contributed by atoms with van der Waals surface area (Å²) in [6.45, 7) is 4.05. The number of aromatic amines is 1. The molecule has 1 aromatic carbocycles. The number of rotatable bonds is 6. The molecule has 0 fully saturated rings. The van der Waals surface area contributed by atoms with Crippen molar-refractivity contribution >= 4 is 56.0 Å². The maximum Gasteiger partial charge on any atom is 0.265 e. The monoisotopic (exact) mass is 464 g/mol. The Labute approximate surface area is 173 Å². The second-order valence-electron chi connectivity index (χ2n) is 5.91. The lowest BCUT2D eigenvalue weighted by atomic mass is 10.2. The molecular formula is C18H17BrN4O2S2. The summed E-state index contributed by atoms with van der Waals surface area (Å²) in [5, 5.41) is 5.15. The van der Waals surface area contributed by atoms with Crippen LogP contribution in [-0.2, 0) is 4.79 Å². The van der Waals surface area contributed by atoms with E-state index in [9.17, 15) is 9.59 Å². The van der Waals surface area contributed by atoms with Gasteiger partial charge >= 0.3 is 0 Å². The van der Waals surface area contributed by atoms with Crippen LogP contribution in [0.5, 0.6) is 0 Å². The Bertz CT molecular complexity index is 1010. The van der Waals surface area contributed by atoms with E-state index in [0.29, 0.717) is 22.3 Å². The Morgan fingerprint density at radius 3 is 2.78 bits per heavy atom. The lowest BCUT2D eigenvalue weighted by Gasteiger charge is -2.08. The fourth-order valence-corrected chi connectivity index (χ4v) is 4.46.